The lowest BCUT2D eigenvalue weighted by atomic mass is 9.96. The highest BCUT2D eigenvalue weighted by atomic mass is 16.1. The van der Waals surface area contributed by atoms with Gasteiger partial charge in [0, 0.05) is 16.8 Å². The van der Waals surface area contributed by atoms with E-state index < -0.39 is 17.1 Å². The summed E-state index contributed by atoms with van der Waals surface area (Å²) in [4.78, 5) is 11.8. The molecule has 1 aliphatic rings. The van der Waals surface area contributed by atoms with Gasteiger partial charge in [0.2, 0.25) is 5.78 Å². The second-order valence-electron chi connectivity index (χ2n) is 3.87. The lowest BCUT2D eigenvalue weighted by Crippen LogP contribution is -2.73. The Morgan fingerprint density at radius 2 is 1.60 bits per heavy atom. The zero-order chi connectivity index (χ0) is 11.4. The highest BCUT2D eigenvalue weighted by Crippen LogP contribution is 2.35. The number of carbonyl (C=O) groups excluding carboxylic acids is 1. The molecule has 0 bridgehead atoms. The van der Waals surface area contributed by atoms with Crippen molar-refractivity contribution in [3.05, 3.63) is 29.3 Å². The van der Waals surface area contributed by atoms with Crippen molar-refractivity contribution in [1.29, 1.82) is 0 Å². The number of Topliss-reactive ketones (excluding diaryl/α,β-unsaturated/α-hetero) is 1. The molecule has 80 valence electrons. The van der Waals surface area contributed by atoms with Crippen LogP contribution in [0.15, 0.2) is 18.2 Å². The highest BCUT2D eigenvalue weighted by Gasteiger charge is 2.55. The van der Waals surface area contributed by atoms with Crippen LogP contribution in [0.1, 0.15) is 15.9 Å². The predicted octanol–water partition coefficient (Wildman–Crippen LogP) is -1.85. The Bertz CT molecular complexity index is 452. The van der Waals surface area contributed by atoms with E-state index in [0.717, 1.165) is 0 Å². The number of nitrogens with two attached hydrogens (primary N) is 5. The van der Waals surface area contributed by atoms with E-state index >= 15 is 0 Å². The third-order valence-electron chi connectivity index (χ3n) is 2.79. The quantitative estimate of drug-likeness (QED) is 0.249. The summed E-state index contributed by atoms with van der Waals surface area (Å²) >= 11 is 0. The molecule has 0 saturated heterocycles. The lowest BCUT2D eigenvalue weighted by molar-refractivity contribution is 0.0845. The average molecular weight is 207 g/mol. The van der Waals surface area contributed by atoms with Gasteiger partial charge in [-0.2, -0.15) is 0 Å². The Labute approximate surface area is 86.4 Å². The molecule has 2 rings (SSSR count). The number of hydrogen-bond acceptors (Lipinski definition) is 6. The van der Waals surface area contributed by atoms with Gasteiger partial charge in [-0.15, -0.1) is 0 Å². The van der Waals surface area contributed by atoms with Crippen molar-refractivity contribution >= 4 is 11.5 Å². The summed E-state index contributed by atoms with van der Waals surface area (Å²) in [5, 5.41) is 0. The van der Waals surface area contributed by atoms with E-state index in [2.05, 4.69) is 0 Å². The minimum Gasteiger partial charge on any atom is -0.399 e. The van der Waals surface area contributed by atoms with Crippen molar-refractivity contribution in [2.24, 2.45) is 22.9 Å². The van der Waals surface area contributed by atoms with E-state index in [-0.39, 0.29) is 0 Å². The van der Waals surface area contributed by atoms with Crippen LogP contribution < -0.4 is 28.7 Å². The van der Waals surface area contributed by atoms with Crippen LogP contribution in [0, 0.1) is 0 Å². The summed E-state index contributed by atoms with van der Waals surface area (Å²) in [7, 11) is 0. The summed E-state index contributed by atoms with van der Waals surface area (Å²) in [5.41, 5.74) is 26.2. The summed E-state index contributed by atoms with van der Waals surface area (Å²) in [6.45, 7) is 0. The number of anilines is 1. The van der Waals surface area contributed by atoms with Crippen LogP contribution in [0.5, 0.6) is 0 Å². The molecule has 0 unspecified atom stereocenters. The molecule has 0 fully saturated rings. The van der Waals surface area contributed by atoms with Crippen molar-refractivity contribution in [3.8, 4) is 0 Å². The molecule has 0 radical (unpaired) electrons. The van der Waals surface area contributed by atoms with Crippen molar-refractivity contribution in [1.82, 2.24) is 0 Å². The molecule has 6 nitrogen and oxygen atoms in total. The summed E-state index contributed by atoms with van der Waals surface area (Å²) < 4.78 is 0. The Hall–Kier alpha value is -1.47. The van der Waals surface area contributed by atoms with Crippen LogP contribution in [0.3, 0.4) is 0 Å². The van der Waals surface area contributed by atoms with Gasteiger partial charge in [0.1, 0.15) is 5.66 Å². The predicted molar refractivity (Wildman–Crippen MR) is 56.3 cm³/mol. The number of ketones is 1. The van der Waals surface area contributed by atoms with Crippen LogP contribution in [0.2, 0.25) is 0 Å². The summed E-state index contributed by atoms with van der Waals surface area (Å²) in [6.07, 6.45) is 0. The summed E-state index contributed by atoms with van der Waals surface area (Å²) in [6, 6.07) is 4.63. The number of carbonyl (C=O) groups is 1. The number of fused-ring (bicyclic) bond motifs is 1. The zero-order valence-corrected chi connectivity index (χ0v) is 8.03. The van der Waals surface area contributed by atoms with E-state index in [0.29, 0.717) is 16.8 Å². The van der Waals surface area contributed by atoms with Crippen LogP contribution in [-0.4, -0.2) is 11.4 Å². The molecule has 0 saturated carbocycles. The zero-order valence-electron chi connectivity index (χ0n) is 8.03. The van der Waals surface area contributed by atoms with Crippen molar-refractivity contribution in [2.75, 3.05) is 5.73 Å². The van der Waals surface area contributed by atoms with Gasteiger partial charge in [0.05, 0.1) is 0 Å². The fourth-order valence-electron chi connectivity index (χ4n) is 1.74. The second-order valence-corrected chi connectivity index (χ2v) is 3.87. The molecule has 0 aliphatic heterocycles. The van der Waals surface area contributed by atoms with E-state index in [1.54, 1.807) is 6.07 Å². The Morgan fingerprint density at radius 1 is 1.00 bits per heavy atom. The molecule has 0 amide bonds. The molecule has 15 heavy (non-hydrogen) atoms. The van der Waals surface area contributed by atoms with Crippen molar-refractivity contribution in [3.63, 3.8) is 0 Å². The van der Waals surface area contributed by atoms with Gasteiger partial charge < -0.3 is 28.7 Å². The third kappa shape index (κ3) is 1.04. The third-order valence-corrected chi connectivity index (χ3v) is 2.79. The maximum absolute atomic E-state index is 11.8. The van der Waals surface area contributed by atoms with Crippen LogP contribution in [0.25, 0.3) is 0 Å². The number of hydrogen-bond donors (Lipinski definition) is 5. The first kappa shape index (κ1) is 10.1. The lowest BCUT2D eigenvalue weighted by Gasteiger charge is -2.32. The molecule has 1 aliphatic carbocycles. The topological polar surface area (TPSA) is 147 Å². The first-order valence-electron chi connectivity index (χ1n) is 4.39. The van der Waals surface area contributed by atoms with Gasteiger partial charge in [-0.05, 0) is 18.2 Å². The fraction of sp³-hybridized carbons (Fsp3) is 0.222. The number of nitrogen functional groups attached to an aromatic ring is 1. The van der Waals surface area contributed by atoms with Gasteiger partial charge in [0.15, 0.2) is 5.66 Å². The molecule has 0 aromatic heterocycles. The molecule has 10 N–H and O–H groups in total. The Kier molecular flexibility index (Phi) is 1.71. The highest BCUT2D eigenvalue weighted by molar-refractivity contribution is 6.09. The minimum atomic E-state index is -1.79. The second kappa shape index (κ2) is 2.56. The molecule has 6 heteroatoms. The first-order chi connectivity index (χ1) is 6.78. The maximum Gasteiger partial charge on any atom is 0.201 e. The molecule has 0 spiro atoms. The van der Waals surface area contributed by atoms with Gasteiger partial charge in [-0.3, -0.25) is 4.79 Å². The van der Waals surface area contributed by atoms with E-state index in [1.807, 2.05) is 0 Å². The SMILES string of the molecule is Nc1ccc2c(c1)C(N)(N)C(N)(N)C2=O. The molecule has 0 atom stereocenters. The van der Waals surface area contributed by atoms with Crippen molar-refractivity contribution < 1.29 is 4.79 Å². The number of rotatable bonds is 0. The van der Waals surface area contributed by atoms with E-state index in [1.165, 1.54) is 12.1 Å². The molecule has 0 heterocycles. The van der Waals surface area contributed by atoms with Crippen molar-refractivity contribution in [2.45, 2.75) is 11.3 Å². The average Bonchev–Trinajstić information content (AvgIpc) is 2.27. The standard InChI is InChI=1S/C9H13N5O/c10-4-1-2-5-6(3-4)8(11,12)9(13,14)7(5)15/h1-3H,10-14H2. The summed E-state index contributed by atoms with van der Waals surface area (Å²) in [5.74, 6) is -0.470. The monoisotopic (exact) mass is 207 g/mol. The fourth-order valence-corrected chi connectivity index (χ4v) is 1.74. The molecule has 1 aromatic rings. The number of benzene rings is 1. The van der Waals surface area contributed by atoms with Crippen LogP contribution in [0.4, 0.5) is 5.69 Å². The van der Waals surface area contributed by atoms with E-state index in [4.69, 9.17) is 28.7 Å². The largest absolute Gasteiger partial charge is 0.399 e. The Balaban J connectivity index is 2.75. The molecule has 1 aromatic carbocycles. The van der Waals surface area contributed by atoms with Crippen LogP contribution in [-0.2, 0) is 5.66 Å². The Morgan fingerprint density at radius 3 is 2.20 bits per heavy atom. The maximum atomic E-state index is 11.8. The smallest absolute Gasteiger partial charge is 0.201 e. The van der Waals surface area contributed by atoms with Gasteiger partial charge >= 0.3 is 0 Å². The minimum absolute atomic E-state index is 0.333. The molecular formula is C9H13N5O. The molecular weight excluding hydrogens is 194 g/mol. The van der Waals surface area contributed by atoms with Gasteiger partial charge in [0.25, 0.3) is 0 Å². The first-order valence-corrected chi connectivity index (χ1v) is 4.39. The normalized spacial score (nSPS) is 21.5. The van der Waals surface area contributed by atoms with Gasteiger partial charge in [-0.25, -0.2) is 0 Å². The van der Waals surface area contributed by atoms with E-state index in [9.17, 15) is 4.79 Å². The van der Waals surface area contributed by atoms with Gasteiger partial charge in [-0.1, -0.05) is 0 Å². The van der Waals surface area contributed by atoms with Crippen LogP contribution >= 0.6 is 0 Å².